The summed E-state index contributed by atoms with van der Waals surface area (Å²) in [7, 11) is 1.50. The van der Waals surface area contributed by atoms with E-state index in [4.69, 9.17) is 25.2 Å². The molecule has 6 heteroatoms. The van der Waals surface area contributed by atoms with Gasteiger partial charge in [-0.3, -0.25) is 0 Å². The van der Waals surface area contributed by atoms with Gasteiger partial charge >= 0.3 is 0 Å². The molecule has 0 atom stereocenters. The van der Waals surface area contributed by atoms with Crippen molar-refractivity contribution in [2.45, 2.75) is 33.4 Å². The van der Waals surface area contributed by atoms with E-state index in [2.05, 4.69) is 0 Å². The lowest BCUT2D eigenvalue weighted by Gasteiger charge is -2.10. The van der Waals surface area contributed by atoms with Crippen LogP contribution in [-0.4, -0.2) is 32.6 Å². The maximum absolute atomic E-state index is 9.39. The number of aromatic hydroxyl groups is 1. The Morgan fingerprint density at radius 3 is 1.88 bits per heavy atom. The zero-order valence-electron chi connectivity index (χ0n) is 14.0. The van der Waals surface area contributed by atoms with Crippen molar-refractivity contribution < 1.29 is 30.3 Å². The zero-order valence-corrected chi connectivity index (χ0v) is 14.0. The molecule has 0 saturated heterocycles. The molecule has 0 fully saturated rings. The molecule has 24 heavy (non-hydrogen) atoms. The van der Waals surface area contributed by atoms with Crippen molar-refractivity contribution in [3.05, 3.63) is 58.1 Å². The maximum atomic E-state index is 9.39. The number of methoxy groups -OCH3 is 1. The van der Waals surface area contributed by atoms with Gasteiger partial charge in [-0.1, -0.05) is 29.3 Å². The highest BCUT2D eigenvalue weighted by molar-refractivity contribution is 5.42. The maximum Gasteiger partial charge on any atom is 0.182 e. The van der Waals surface area contributed by atoms with E-state index in [0.717, 1.165) is 11.1 Å². The molecule has 2 aromatic carbocycles. The van der Waals surface area contributed by atoms with E-state index in [9.17, 15) is 5.11 Å². The molecule has 0 aromatic heterocycles. The van der Waals surface area contributed by atoms with Crippen molar-refractivity contribution in [1.82, 2.24) is 0 Å². The third-order valence-corrected chi connectivity index (χ3v) is 3.42. The van der Waals surface area contributed by atoms with Crippen molar-refractivity contribution >= 4 is 0 Å². The molecule has 0 radical (unpaired) electrons. The van der Waals surface area contributed by atoms with Gasteiger partial charge in [-0.2, -0.15) is 0 Å². The zero-order chi connectivity index (χ0) is 18.3. The number of phenols is 1. The Labute approximate surface area is 141 Å². The molecule has 0 bridgehead atoms. The fourth-order valence-corrected chi connectivity index (χ4v) is 2.23. The molecule has 5 N–H and O–H groups in total. The lowest BCUT2D eigenvalue weighted by Crippen LogP contribution is -1.99. The fourth-order valence-electron chi connectivity index (χ4n) is 2.23. The minimum atomic E-state index is -1.47. The Morgan fingerprint density at radius 1 is 0.917 bits per heavy atom. The Morgan fingerprint density at radius 2 is 1.46 bits per heavy atom. The van der Waals surface area contributed by atoms with Crippen LogP contribution in [0.2, 0.25) is 0 Å². The average molecular weight is 336 g/mol. The van der Waals surface area contributed by atoms with E-state index in [-0.39, 0.29) is 19.0 Å². The van der Waals surface area contributed by atoms with Crippen LogP contribution in [0.25, 0.3) is 0 Å². The van der Waals surface area contributed by atoms with Gasteiger partial charge in [-0.05, 0) is 26.0 Å². The monoisotopic (exact) mass is 336 g/mol. The number of aliphatic hydroxyl groups excluding tert-OH is 3. The van der Waals surface area contributed by atoms with E-state index in [1.54, 1.807) is 24.3 Å². The van der Waals surface area contributed by atoms with Crippen LogP contribution in [0.5, 0.6) is 11.5 Å². The average Bonchev–Trinajstić information content (AvgIpc) is 2.57. The number of benzene rings is 2. The molecule has 0 saturated carbocycles. The van der Waals surface area contributed by atoms with Crippen LogP contribution in [0.1, 0.15) is 34.1 Å². The quantitative estimate of drug-likeness (QED) is 0.543. The van der Waals surface area contributed by atoms with Crippen molar-refractivity contribution in [1.29, 1.82) is 0 Å². The highest BCUT2D eigenvalue weighted by atomic mass is 16.5. The van der Waals surface area contributed by atoms with Crippen LogP contribution in [0.4, 0.5) is 0 Å². The van der Waals surface area contributed by atoms with Gasteiger partial charge in [0.2, 0.25) is 0 Å². The third-order valence-electron chi connectivity index (χ3n) is 3.42. The van der Waals surface area contributed by atoms with Crippen LogP contribution >= 0.6 is 0 Å². The summed E-state index contributed by atoms with van der Waals surface area (Å²) in [5.41, 5.74) is 3.20. The van der Waals surface area contributed by atoms with Gasteiger partial charge < -0.3 is 30.3 Å². The van der Waals surface area contributed by atoms with Gasteiger partial charge in [0.15, 0.2) is 6.29 Å². The van der Waals surface area contributed by atoms with E-state index in [1.165, 1.54) is 7.11 Å². The molecule has 0 unspecified atom stereocenters. The van der Waals surface area contributed by atoms with Crippen LogP contribution < -0.4 is 4.74 Å². The lowest BCUT2D eigenvalue weighted by molar-refractivity contribution is -0.0439. The van der Waals surface area contributed by atoms with Crippen LogP contribution in [0.3, 0.4) is 0 Å². The second kappa shape index (κ2) is 9.24. The first-order chi connectivity index (χ1) is 11.3. The summed E-state index contributed by atoms with van der Waals surface area (Å²) >= 11 is 0. The molecule has 0 aliphatic heterocycles. The van der Waals surface area contributed by atoms with Gasteiger partial charge in [0.05, 0.1) is 20.3 Å². The fraction of sp³-hybridized carbons (Fsp3) is 0.333. The minimum absolute atomic E-state index is 0.00870. The summed E-state index contributed by atoms with van der Waals surface area (Å²) in [6, 6.07) is 8.63. The molecule has 0 spiro atoms. The first-order valence-corrected chi connectivity index (χ1v) is 7.37. The molecular formula is C18H24O6. The van der Waals surface area contributed by atoms with E-state index < -0.39 is 6.29 Å². The van der Waals surface area contributed by atoms with E-state index in [1.807, 2.05) is 19.9 Å². The molecule has 0 heterocycles. The highest BCUT2D eigenvalue weighted by Crippen LogP contribution is 2.25. The predicted octanol–water partition coefficient (Wildman–Crippen LogP) is 1.67. The van der Waals surface area contributed by atoms with Gasteiger partial charge in [0.1, 0.15) is 11.5 Å². The molecule has 2 rings (SSSR count). The Kier molecular flexibility index (Phi) is 7.67. The molecule has 132 valence electrons. The Bertz CT molecular complexity index is 642. The minimum Gasteiger partial charge on any atom is -0.507 e. The molecule has 0 aliphatic rings. The number of aliphatic hydroxyl groups is 4. The first kappa shape index (κ1) is 19.9. The Hall–Kier alpha value is -2.12. The molecule has 6 nitrogen and oxygen atoms in total. The summed E-state index contributed by atoms with van der Waals surface area (Å²) in [5, 5.41) is 44.9. The molecule has 0 amide bonds. The third kappa shape index (κ3) is 5.21. The number of hydrogen-bond donors (Lipinski definition) is 5. The van der Waals surface area contributed by atoms with Gasteiger partial charge in [-0.15, -0.1) is 0 Å². The van der Waals surface area contributed by atoms with E-state index in [0.29, 0.717) is 22.4 Å². The van der Waals surface area contributed by atoms with Gasteiger partial charge in [-0.25, -0.2) is 0 Å². The standard InChI is InChI=1S/2C9H12O3/c1-6-2-7(4-10)9(12)8(3-6)5-11;1-6-3-4-8(12-2)7(5-6)9(10)11/h2-3,10-12H,4-5H2,1H3;3-5,9-11H,1-2H3. The van der Waals surface area contributed by atoms with Gasteiger partial charge in [0.25, 0.3) is 0 Å². The van der Waals surface area contributed by atoms with Gasteiger partial charge in [0, 0.05) is 16.7 Å². The van der Waals surface area contributed by atoms with Crippen molar-refractivity contribution in [2.24, 2.45) is 0 Å². The summed E-state index contributed by atoms with van der Waals surface area (Å²) in [6.07, 6.45) is -1.47. The topological polar surface area (TPSA) is 110 Å². The SMILES string of the molecule is COc1ccc(C)cc1C(O)O.Cc1cc(CO)c(O)c(CO)c1. The van der Waals surface area contributed by atoms with Crippen LogP contribution in [0.15, 0.2) is 30.3 Å². The lowest BCUT2D eigenvalue weighted by atomic mass is 10.1. The summed E-state index contributed by atoms with van der Waals surface area (Å²) < 4.78 is 4.94. The summed E-state index contributed by atoms with van der Waals surface area (Å²) in [4.78, 5) is 0. The van der Waals surface area contributed by atoms with E-state index >= 15 is 0 Å². The highest BCUT2D eigenvalue weighted by Gasteiger charge is 2.09. The van der Waals surface area contributed by atoms with Crippen molar-refractivity contribution in [2.75, 3.05) is 7.11 Å². The smallest absolute Gasteiger partial charge is 0.182 e. The van der Waals surface area contributed by atoms with Crippen LogP contribution in [0, 0.1) is 13.8 Å². The number of rotatable bonds is 4. The predicted molar refractivity (Wildman–Crippen MR) is 89.6 cm³/mol. The van der Waals surface area contributed by atoms with Crippen molar-refractivity contribution in [3.8, 4) is 11.5 Å². The van der Waals surface area contributed by atoms with Crippen LogP contribution in [-0.2, 0) is 13.2 Å². The summed E-state index contributed by atoms with van der Waals surface area (Å²) in [6.45, 7) is 3.31. The second-order valence-corrected chi connectivity index (χ2v) is 5.37. The summed E-state index contributed by atoms with van der Waals surface area (Å²) in [5.74, 6) is 0.487. The Balaban J connectivity index is 0.000000240. The largest absolute Gasteiger partial charge is 0.507 e. The first-order valence-electron chi connectivity index (χ1n) is 7.37. The number of aryl methyl sites for hydroxylation is 2. The number of hydrogen-bond acceptors (Lipinski definition) is 6. The normalized spacial score (nSPS) is 10.3. The molecular weight excluding hydrogens is 312 g/mol. The van der Waals surface area contributed by atoms with Crippen molar-refractivity contribution in [3.63, 3.8) is 0 Å². The molecule has 0 aliphatic carbocycles. The molecule has 2 aromatic rings. The number of ether oxygens (including phenoxy) is 1. The second-order valence-electron chi connectivity index (χ2n) is 5.37.